The van der Waals surface area contributed by atoms with E-state index in [0.717, 1.165) is 32.6 Å². The molecule has 3 unspecified atom stereocenters. The molecule has 1 aliphatic rings. The number of carboxylic acids is 1. The third-order valence-electron chi connectivity index (χ3n) is 8.12. The highest BCUT2D eigenvalue weighted by atomic mass is 19.4. The average molecular weight is 741 g/mol. The Hall–Kier alpha value is -3.60. The van der Waals surface area contributed by atoms with Crippen LogP contribution in [0, 0.1) is 5.92 Å². The molecule has 8 nitrogen and oxygen atoms in total. The van der Waals surface area contributed by atoms with Gasteiger partial charge in [0.2, 0.25) is 0 Å². The second-order valence-corrected chi connectivity index (χ2v) is 12.0. The summed E-state index contributed by atoms with van der Waals surface area (Å²) >= 11 is 0. The molecule has 1 aliphatic heterocycles. The number of unbranched alkanes of at least 4 members (excludes halogenated alkanes) is 2. The number of halogens is 3. The molecule has 52 heavy (non-hydrogen) atoms. The molecule has 1 fully saturated rings. The molecule has 1 rings (SSSR count). The van der Waals surface area contributed by atoms with E-state index < -0.39 is 29.4 Å². The smallest absolute Gasteiger partial charge is 0.412 e. The van der Waals surface area contributed by atoms with Gasteiger partial charge in [-0.25, -0.2) is 9.59 Å². The number of allylic oxidation sites excluding steroid dienone is 4. The quantitative estimate of drug-likeness (QED) is 0.0297. The fraction of sp³-hybridized carbons (Fsp3) is 0.634. The number of ether oxygens (including phenoxy) is 1. The molecule has 0 saturated carbocycles. The number of carbonyl (C=O) groups is 2. The van der Waals surface area contributed by atoms with E-state index in [1.807, 2.05) is 65.9 Å². The van der Waals surface area contributed by atoms with E-state index in [-0.39, 0.29) is 30.5 Å². The molecule has 300 valence electrons. The third kappa shape index (κ3) is 22.4. The predicted molar refractivity (Wildman–Crippen MR) is 213 cm³/mol. The summed E-state index contributed by atoms with van der Waals surface area (Å²) in [5, 5.41) is 15.8. The number of aliphatic carboxylic acids is 1. The fourth-order valence-electron chi connectivity index (χ4n) is 4.83. The molecule has 0 aromatic carbocycles. The van der Waals surface area contributed by atoms with Crippen molar-refractivity contribution in [3.8, 4) is 0 Å². The molecule has 3 atom stereocenters. The number of amides is 1. The van der Waals surface area contributed by atoms with Crippen LogP contribution in [0.25, 0.3) is 0 Å². The van der Waals surface area contributed by atoms with Crippen molar-refractivity contribution in [2.24, 2.45) is 11.0 Å². The average Bonchev–Trinajstić information content (AvgIpc) is 3.46. The van der Waals surface area contributed by atoms with Gasteiger partial charge in [-0.3, -0.25) is 5.01 Å². The highest BCUT2D eigenvalue weighted by Gasteiger charge is 2.43. The minimum absolute atomic E-state index is 0.104. The number of hydrogen-bond donors (Lipinski definition) is 1. The summed E-state index contributed by atoms with van der Waals surface area (Å²) in [7, 11) is 1.99. The van der Waals surface area contributed by atoms with Gasteiger partial charge in [0.05, 0.1) is 12.1 Å². The number of hydrogen-bond acceptors (Lipinski definition) is 6. The van der Waals surface area contributed by atoms with Crippen LogP contribution in [0.4, 0.5) is 18.0 Å². The van der Waals surface area contributed by atoms with Crippen LogP contribution in [0.3, 0.4) is 0 Å². The summed E-state index contributed by atoms with van der Waals surface area (Å²) in [6, 6.07) is 0.104. The zero-order valence-electron chi connectivity index (χ0n) is 34.0. The SMILES string of the molecule is C=C.C=CC(/C=N/N(/C=C/CN(C)CCC1(CC)CN(C/C=C\C(=C/CC)C(=O)O)C(=O)O1)C(C)CCCCC)C/C=C(\C)C(F)(F)F.CC.CC. The summed E-state index contributed by atoms with van der Waals surface area (Å²) in [4.78, 5) is 27.7. The van der Waals surface area contributed by atoms with Crippen molar-refractivity contribution in [2.45, 2.75) is 131 Å². The van der Waals surface area contributed by atoms with Crippen LogP contribution in [0.2, 0.25) is 0 Å². The van der Waals surface area contributed by atoms with Gasteiger partial charge < -0.3 is 19.6 Å². The zero-order valence-corrected chi connectivity index (χ0v) is 34.0. The van der Waals surface area contributed by atoms with Crippen LogP contribution in [-0.2, 0) is 9.53 Å². The van der Waals surface area contributed by atoms with Gasteiger partial charge >= 0.3 is 18.2 Å². The Bertz CT molecular complexity index is 1130. The van der Waals surface area contributed by atoms with Crippen LogP contribution in [-0.4, -0.2) is 89.2 Å². The third-order valence-corrected chi connectivity index (χ3v) is 8.12. The second kappa shape index (κ2) is 31.0. The van der Waals surface area contributed by atoms with Gasteiger partial charge in [0.25, 0.3) is 0 Å². The topological polar surface area (TPSA) is 85.7 Å². The van der Waals surface area contributed by atoms with Gasteiger partial charge in [0.1, 0.15) is 5.60 Å². The Morgan fingerprint density at radius 3 is 2.27 bits per heavy atom. The molecule has 0 aromatic heterocycles. The molecule has 1 amide bonds. The first-order valence-corrected chi connectivity index (χ1v) is 18.8. The number of likely N-dealkylation sites (N-methyl/N-ethyl adjacent to an activating group) is 1. The zero-order chi connectivity index (χ0) is 40.8. The lowest BCUT2D eigenvalue weighted by molar-refractivity contribution is -0.132. The van der Waals surface area contributed by atoms with Gasteiger partial charge in [-0.15, -0.1) is 19.7 Å². The van der Waals surface area contributed by atoms with Crippen molar-refractivity contribution in [3.05, 3.63) is 73.5 Å². The van der Waals surface area contributed by atoms with Crippen LogP contribution in [0.15, 0.2) is 78.6 Å². The molecule has 0 bridgehead atoms. The number of alkyl halides is 3. The summed E-state index contributed by atoms with van der Waals surface area (Å²) < 4.78 is 44.6. The van der Waals surface area contributed by atoms with Gasteiger partial charge in [-0.05, 0) is 46.6 Å². The van der Waals surface area contributed by atoms with E-state index in [9.17, 15) is 27.9 Å². The van der Waals surface area contributed by atoms with E-state index in [2.05, 4.69) is 43.6 Å². The molecule has 1 heterocycles. The standard InChI is InChI=1S/C35H55F3N4O4.2C2H6.C2H4/c1-8-12-13-17-29(6)42(39-26-30(10-3)20-19-28(5)35(36,37)38)24-15-22-40(7)25-21-34(11-4)27-41(33(45)46-34)23-14-18-31(16-9-2)32(43)44;3*1-2/h10,14-16,18-19,24,26,29-30H,3,8-9,11-13,17,20-23,25,27H2,1-2,4-7H3,(H,43,44);2*1-2H3;1-2H2/b18-14-,24-15+,28-19+,31-16+,39-26+;;;. The number of rotatable bonds is 22. The Morgan fingerprint density at radius 1 is 1.12 bits per heavy atom. The lowest BCUT2D eigenvalue weighted by atomic mass is 9.96. The summed E-state index contributed by atoms with van der Waals surface area (Å²) in [5.41, 5.74) is -1.06. The molecule has 11 heteroatoms. The van der Waals surface area contributed by atoms with Crippen molar-refractivity contribution >= 4 is 18.3 Å². The Labute approximate surface area is 314 Å². The monoisotopic (exact) mass is 741 g/mol. The molecular formula is C41H71F3N4O4. The summed E-state index contributed by atoms with van der Waals surface area (Å²) in [6.45, 7) is 28.9. The predicted octanol–water partition coefficient (Wildman–Crippen LogP) is 11.2. The van der Waals surface area contributed by atoms with Crippen LogP contribution < -0.4 is 0 Å². The van der Waals surface area contributed by atoms with E-state index in [1.54, 1.807) is 29.3 Å². The van der Waals surface area contributed by atoms with Crippen LogP contribution >= 0.6 is 0 Å². The maximum atomic E-state index is 12.9. The van der Waals surface area contributed by atoms with Crippen LogP contribution in [0.1, 0.15) is 114 Å². The first-order valence-electron chi connectivity index (χ1n) is 18.8. The van der Waals surface area contributed by atoms with Gasteiger partial charge in [0.15, 0.2) is 0 Å². The van der Waals surface area contributed by atoms with Crippen molar-refractivity contribution < 1.29 is 32.6 Å². The van der Waals surface area contributed by atoms with Crippen molar-refractivity contribution in [2.75, 3.05) is 33.2 Å². The molecule has 1 N–H and O–H groups in total. The Kier molecular flexibility index (Phi) is 31.4. The Morgan fingerprint density at radius 2 is 1.75 bits per heavy atom. The molecule has 1 saturated heterocycles. The van der Waals surface area contributed by atoms with Gasteiger partial charge in [-0.1, -0.05) is 104 Å². The van der Waals surface area contributed by atoms with Crippen molar-refractivity contribution in [1.82, 2.24) is 14.8 Å². The van der Waals surface area contributed by atoms with Crippen molar-refractivity contribution in [1.29, 1.82) is 0 Å². The summed E-state index contributed by atoms with van der Waals surface area (Å²) in [5.74, 6) is -1.34. The number of carboxylic acid groups (broad SMARTS) is 1. The number of hydrazone groups is 1. The largest absolute Gasteiger partial charge is 0.478 e. The van der Waals surface area contributed by atoms with E-state index in [4.69, 9.17) is 4.74 Å². The van der Waals surface area contributed by atoms with E-state index in [1.165, 1.54) is 12.2 Å². The molecule has 0 aromatic rings. The number of nitrogens with zero attached hydrogens (tertiary/aromatic N) is 4. The lowest BCUT2D eigenvalue weighted by Crippen LogP contribution is -2.37. The molecule has 0 spiro atoms. The second-order valence-electron chi connectivity index (χ2n) is 12.0. The summed E-state index contributed by atoms with van der Waals surface area (Å²) in [6.07, 6.45) is 14.7. The van der Waals surface area contributed by atoms with Gasteiger partial charge in [0, 0.05) is 56.0 Å². The normalized spacial score (nSPS) is 17.6. The fourth-order valence-corrected chi connectivity index (χ4v) is 4.83. The maximum absolute atomic E-state index is 12.9. The van der Waals surface area contributed by atoms with E-state index in [0.29, 0.717) is 38.9 Å². The molecular weight excluding hydrogens is 669 g/mol. The van der Waals surface area contributed by atoms with E-state index >= 15 is 0 Å². The number of carbonyl (C=O) groups excluding carboxylic acids is 1. The Balaban J connectivity index is -0.00000379. The van der Waals surface area contributed by atoms with Crippen LogP contribution in [0.5, 0.6) is 0 Å². The van der Waals surface area contributed by atoms with Gasteiger partial charge in [-0.2, -0.15) is 18.3 Å². The first kappa shape index (κ1) is 52.8. The lowest BCUT2D eigenvalue weighted by Gasteiger charge is -2.28. The number of cyclic esters (lactones) is 1. The first-order chi connectivity index (χ1) is 24.7. The molecule has 0 aliphatic carbocycles. The minimum atomic E-state index is -4.34. The maximum Gasteiger partial charge on any atom is 0.412 e. The highest BCUT2D eigenvalue weighted by molar-refractivity contribution is 5.89. The van der Waals surface area contributed by atoms with Crippen molar-refractivity contribution in [3.63, 3.8) is 0 Å². The minimum Gasteiger partial charge on any atom is -0.478 e. The highest BCUT2D eigenvalue weighted by Crippen LogP contribution is 2.30. The molecule has 0 radical (unpaired) electrons.